The largest absolute Gasteiger partial charge is 0.508 e. The number of phenols is 1. The summed E-state index contributed by atoms with van der Waals surface area (Å²) in [6, 6.07) is 9.78. The fourth-order valence-corrected chi connectivity index (χ4v) is 11.0. The van der Waals surface area contributed by atoms with Gasteiger partial charge in [-0.3, -0.25) is 14.4 Å². The van der Waals surface area contributed by atoms with E-state index in [0.717, 1.165) is 16.3 Å². The van der Waals surface area contributed by atoms with E-state index in [1.54, 1.807) is 33.1 Å². The fraction of sp³-hybridized carbons (Fsp3) is 0.660. The zero-order valence-electron chi connectivity index (χ0n) is 41.0. The van der Waals surface area contributed by atoms with Gasteiger partial charge in [0, 0.05) is 57.4 Å². The van der Waals surface area contributed by atoms with Crippen LogP contribution in [0.15, 0.2) is 59.7 Å². The van der Waals surface area contributed by atoms with E-state index >= 15 is 0 Å². The van der Waals surface area contributed by atoms with Gasteiger partial charge in [-0.1, -0.05) is 63.6 Å². The van der Waals surface area contributed by atoms with Gasteiger partial charge in [0.15, 0.2) is 0 Å². The van der Waals surface area contributed by atoms with E-state index in [9.17, 15) is 34.5 Å². The number of aliphatic hydroxyl groups is 2. The van der Waals surface area contributed by atoms with Gasteiger partial charge in [-0.05, 0) is 119 Å². The van der Waals surface area contributed by atoms with E-state index in [1.807, 2.05) is 57.2 Å². The van der Waals surface area contributed by atoms with Crippen LogP contribution in [-0.4, -0.2) is 126 Å². The molecule has 4 aliphatic rings. The van der Waals surface area contributed by atoms with Crippen molar-refractivity contribution in [3.05, 3.63) is 59.7 Å². The van der Waals surface area contributed by atoms with Gasteiger partial charge in [-0.25, -0.2) is 4.79 Å². The van der Waals surface area contributed by atoms with Crippen molar-refractivity contribution in [2.45, 2.75) is 167 Å². The Balaban J connectivity index is 1.31. The lowest BCUT2D eigenvalue weighted by atomic mass is 9.81. The van der Waals surface area contributed by atoms with Crippen LogP contribution in [0.3, 0.4) is 0 Å². The standard InChI is InChI=1S/C53H75NO13/c1-10-36-23-30(2)22-31(3)24-46(63-8)49-47(64-9)26-33(5)53(61,67-49)50(58)51(59)54-21-12-11-15-40(54)52(60)66-48(34(6)41(56)29-42(36)57)32(4)25-35-17-20-44(45(27-35)62-7)65-43-16-13-14-37-18-19-38(55)28-39(37)43/h13-14,16,18-19,23,25,28,31,33-36,40-41,44-49,55-56,61H,10-12,15,17,20-22,24,26-27,29H2,1-9H3. The Morgan fingerprint density at radius 3 is 2.31 bits per heavy atom. The minimum Gasteiger partial charge on any atom is -0.508 e. The molecule has 14 unspecified atom stereocenters. The number of nitrogens with zero attached hydrogens (tertiary/aromatic N) is 1. The van der Waals surface area contributed by atoms with Crippen molar-refractivity contribution in [1.29, 1.82) is 0 Å². The molecule has 0 aromatic heterocycles. The van der Waals surface area contributed by atoms with E-state index in [0.29, 0.717) is 62.7 Å². The Labute approximate surface area is 396 Å². The molecule has 3 aliphatic heterocycles. The molecule has 370 valence electrons. The number of Topliss-reactive ketones (excluding diaryl/α,β-unsaturated/α-hetero) is 2. The number of aliphatic hydroxyl groups excluding tert-OH is 1. The first-order valence-corrected chi connectivity index (χ1v) is 24.4. The first kappa shape index (κ1) is 52.2. The Morgan fingerprint density at radius 1 is 0.896 bits per heavy atom. The molecule has 14 heteroatoms. The molecule has 14 atom stereocenters. The van der Waals surface area contributed by atoms with Gasteiger partial charge in [-0.2, -0.15) is 0 Å². The summed E-state index contributed by atoms with van der Waals surface area (Å²) < 4.78 is 37.0. The number of fused-ring (bicyclic) bond motifs is 4. The van der Waals surface area contributed by atoms with Crippen LogP contribution in [0.1, 0.15) is 112 Å². The molecule has 14 nitrogen and oxygen atoms in total. The normalized spacial score (nSPS) is 35.9. The molecule has 1 saturated carbocycles. The lowest BCUT2D eigenvalue weighted by molar-refractivity contribution is -0.302. The summed E-state index contributed by atoms with van der Waals surface area (Å²) >= 11 is 0. The molecule has 2 aromatic rings. The molecule has 3 fully saturated rings. The van der Waals surface area contributed by atoms with Crippen LogP contribution >= 0.6 is 0 Å². The highest BCUT2D eigenvalue weighted by Gasteiger charge is 2.56. The van der Waals surface area contributed by atoms with Crippen LogP contribution in [0.2, 0.25) is 0 Å². The molecule has 3 heterocycles. The van der Waals surface area contributed by atoms with Crippen molar-refractivity contribution < 1.29 is 62.9 Å². The monoisotopic (exact) mass is 934 g/mol. The van der Waals surface area contributed by atoms with Gasteiger partial charge < -0.3 is 48.6 Å². The van der Waals surface area contributed by atoms with Gasteiger partial charge >= 0.3 is 5.97 Å². The van der Waals surface area contributed by atoms with Crippen molar-refractivity contribution in [1.82, 2.24) is 4.90 Å². The first-order chi connectivity index (χ1) is 31.9. The predicted molar refractivity (Wildman–Crippen MR) is 252 cm³/mol. The number of benzene rings is 2. The summed E-state index contributed by atoms with van der Waals surface area (Å²) in [5.74, 6) is -6.85. The zero-order valence-corrected chi connectivity index (χ0v) is 41.0. The van der Waals surface area contributed by atoms with Gasteiger partial charge in [0.25, 0.3) is 11.7 Å². The number of piperidine rings is 1. The molecule has 1 amide bonds. The number of esters is 1. The fourth-order valence-electron chi connectivity index (χ4n) is 11.0. The van der Waals surface area contributed by atoms with Crippen LogP contribution in [-0.2, 0) is 42.9 Å². The third-order valence-corrected chi connectivity index (χ3v) is 15.0. The summed E-state index contributed by atoms with van der Waals surface area (Å²) in [6.07, 6.45) is 4.11. The maximum absolute atomic E-state index is 14.6. The minimum atomic E-state index is -2.52. The number of aromatic hydroxyl groups is 1. The van der Waals surface area contributed by atoms with Crippen molar-refractivity contribution in [2.75, 3.05) is 27.9 Å². The highest BCUT2D eigenvalue weighted by atomic mass is 16.7. The van der Waals surface area contributed by atoms with Gasteiger partial charge in [-0.15, -0.1) is 0 Å². The van der Waals surface area contributed by atoms with Crippen molar-refractivity contribution in [2.24, 2.45) is 29.6 Å². The summed E-state index contributed by atoms with van der Waals surface area (Å²) in [5.41, 5.74) is 1.66. The summed E-state index contributed by atoms with van der Waals surface area (Å²) in [5, 5.41) is 36.0. The number of ether oxygens (including phenoxy) is 6. The molecule has 2 bridgehead atoms. The van der Waals surface area contributed by atoms with Crippen LogP contribution in [0.25, 0.3) is 10.8 Å². The van der Waals surface area contributed by atoms with E-state index in [2.05, 4.69) is 6.92 Å². The number of allylic oxidation sites excluding steroid dienone is 3. The Hall–Kier alpha value is -4.18. The van der Waals surface area contributed by atoms with Crippen LogP contribution in [0.4, 0.5) is 0 Å². The molecule has 0 radical (unpaired) electrons. The maximum Gasteiger partial charge on any atom is 0.329 e. The minimum absolute atomic E-state index is 0.0218. The van der Waals surface area contributed by atoms with Crippen molar-refractivity contribution in [3.63, 3.8) is 0 Å². The molecule has 3 N–H and O–H groups in total. The van der Waals surface area contributed by atoms with E-state index in [1.165, 1.54) is 19.1 Å². The topological polar surface area (TPSA) is 188 Å². The molecule has 67 heavy (non-hydrogen) atoms. The lowest BCUT2D eigenvalue weighted by Gasteiger charge is -2.47. The van der Waals surface area contributed by atoms with Crippen LogP contribution < -0.4 is 4.74 Å². The Kier molecular flexibility index (Phi) is 17.9. The Bertz CT molecular complexity index is 2120. The van der Waals surface area contributed by atoms with Crippen LogP contribution in [0.5, 0.6) is 11.5 Å². The van der Waals surface area contributed by atoms with E-state index in [4.69, 9.17) is 28.4 Å². The first-order valence-electron chi connectivity index (χ1n) is 24.4. The van der Waals surface area contributed by atoms with Gasteiger partial charge in [0.05, 0.1) is 24.4 Å². The number of rotatable bonds is 8. The van der Waals surface area contributed by atoms with Gasteiger partial charge in [0.2, 0.25) is 5.79 Å². The number of carbonyl (C=O) groups is 4. The summed E-state index contributed by atoms with van der Waals surface area (Å²) in [4.78, 5) is 58.5. The van der Waals surface area contributed by atoms with E-state index < -0.39 is 77.8 Å². The third-order valence-electron chi connectivity index (χ3n) is 15.0. The summed E-state index contributed by atoms with van der Waals surface area (Å²) in [7, 11) is 4.72. The smallest absolute Gasteiger partial charge is 0.329 e. The van der Waals surface area contributed by atoms with Crippen molar-refractivity contribution in [3.8, 4) is 11.5 Å². The number of methoxy groups -OCH3 is 3. The number of amides is 1. The number of hydrogen-bond acceptors (Lipinski definition) is 13. The number of hydrogen-bond donors (Lipinski definition) is 3. The molecule has 1 aliphatic carbocycles. The highest BCUT2D eigenvalue weighted by Crippen LogP contribution is 2.40. The number of cyclic esters (lactones) is 1. The SMILES string of the molecule is CCC1C=C(C)CC(C)CC(OC)C2OC(O)(C(=O)C(=O)N3CCCCC3C(=O)OC(C(C)=CC3CCC(Oc4cccc5ccc(O)cc45)C(OC)C3)C(C)C(O)CC1=O)C(C)CC2OC. The molecule has 2 aromatic carbocycles. The van der Waals surface area contributed by atoms with E-state index in [-0.39, 0.29) is 61.4 Å². The maximum atomic E-state index is 14.6. The predicted octanol–water partition coefficient (Wildman–Crippen LogP) is 7.42. The molecule has 2 saturated heterocycles. The lowest BCUT2D eigenvalue weighted by Crippen LogP contribution is -2.64. The number of phenolic OH excluding ortho intramolecular Hbond substituents is 1. The number of ketones is 2. The molecule has 0 spiro atoms. The average Bonchev–Trinajstić information content (AvgIpc) is 3.31. The second kappa shape index (κ2) is 23.0. The third kappa shape index (κ3) is 12.0. The second-order valence-electron chi connectivity index (χ2n) is 19.9. The quantitative estimate of drug-likeness (QED) is 0.135. The second-order valence-corrected chi connectivity index (χ2v) is 19.9. The average molecular weight is 934 g/mol. The Morgan fingerprint density at radius 2 is 1.61 bits per heavy atom. The van der Waals surface area contributed by atoms with Gasteiger partial charge in [0.1, 0.15) is 41.6 Å². The zero-order chi connectivity index (χ0) is 48.7. The van der Waals surface area contributed by atoms with Crippen LogP contribution in [0, 0.1) is 29.6 Å². The molecule has 6 rings (SSSR count). The molecular formula is C53H75NO13. The number of carbonyl (C=O) groups excluding carboxylic acids is 4. The molecular weight excluding hydrogens is 859 g/mol. The highest BCUT2D eigenvalue weighted by molar-refractivity contribution is 6.39. The summed E-state index contributed by atoms with van der Waals surface area (Å²) in [6.45, 7) is 11.3. The van der Waals surface area contributed by atoms with Crippen molar-refractivity contribution >= 4 is 34.2 Å².